The van der Waals surface area contributed by atoms with E-state index in [1.54, 1.807) is 16.5 Å². The van der Waals surface area contributed by atoms with E-state index in [9.17, 15) is 9.59 Å². The molecular weight excluding hydrogens is 334 g/mol. The molecule has 0 aliphatic carbocycles. The molecule has 0 saturated carbocycles. The fraction of sp³-hybridized carbons (Fsp3) is 0.444. The van der Waals surface area contributed by atoms with Gasteiger partial charge >= 0.3 is 5.69 Å². The normalized spacial score (nSPS) is 15.7. The van der Waals surface area contributed by atoms with Crippen LogP contribution in [0.1, 0.15) is 42.1 Å². The summed E-state index contributed by atoms with van der Waals surface area (Å²) in [6, 6.07) is 7.41. The van der Waals surface area contributed by atoms with Crippen LogP contribution < -0.4 is 5.69 Å². The molecule has 8 heteroatoms. The summed E-state index contributed by atoms with van der Waals surface area (Å²) in [5.74, 6) is 1.16. The first-order chi connectivity index (χ1) is 12.6. The van der Waals surface area contributed by atoms with Crippen LogP contribution in [0.4, 0.5) is 0 Å². The quantitative estimate of drug-likeness (QED) is 0.715. The molecule has 2 aromatic heterocycles. The van der Waals surface area contributed by atoms with Crippen LogP contribution >= 0.6 is 0 Å². The van der Waals surface area contributed by atoms with Crippen LogP contribution in [0.25, 0.3) is 10.9 Å². The minimum absolute atomic E-state index is 0.0888. The molecule has 1 aromatic carbocycles. The van der Waals surface area contributed by atoms with Gasteiger partial charge in [-0.05, 0) is 31.9 Å². The largest absolute Gasteiger partial charge is 0.350 e. The molecule has 1 fully saturated rings. The molecule has 4 rings (SSSR count). The van der Waals surface area contributed by atoms with Crippen LogP contribution in [0.2, 0.25) is 0 Å². The summed E-state index contributed by atoms with van der Waals surface area (Å²) in [6.07, 6.45) is 1.54. The van der Waals surface area contributed by atoms with E-state index in [2.05, 4.69) is 10.3 Å². The molecule has 1 aliphatic heterocycles. The van der Waals surface area contributed by atoms with Crippen molar-refractivity contribution in [1.29, 1.82) is 0 Å². The molecule has 0 spiro atoms. The van der Waals surface area contributed by atoms with Gasteiger partial charge in [-0.1, -0.05) is 17.3 Å². The van der Waals surface area contributed by atoms with Crippen molar-refractivity contribution >= 4 is 16.8 Å². The SMILES string of the molecule is CCn1c(C2CCN(C(=O)c3onc4ccccc34)CC2)nn(C)c1=O. The maximum absolute atomic E-state index is 12.8. The van der Waals surface area contributed by atoms with Gasteiger partial charge in [-0.15, -0.1) is 0 Å². The van der Waals surface area contributed by atoms with Crippen molar-refractivity contribution in [2.75, 3.05) is 13.1 Å². The Morgan fingerprint density at radius 3 is 2.73 bits per heavy atom. The third-order valence-corrected chi connectivity index (χ3v) is 5.08. The number of carbonyl (C=O) groups is 1. The highest BCUT2D eigenvalue weighted by Crippen LogP contribution is 2.28. The minimum Gasteiger partial charge on any atom is -0.350 e. The smallest absolute Gasteiger partial charge is 0.345 e. The summed E-state index contributed by atoms with van der Waals surface area (Å²) in [7, 11) is 1.67. The first-order valence-corrected chi connectivity index (χ1v) is 8.87. The molecule has 1 aliphatic rings. The Morgan fingerprint density at radius 1 is 1.27 bits per heavy atom. The third-order valence-electron chi connectivity index (χ3n) is 5.08. The lowest BCUT2D eigenvalue weighted by molar-refractivity contribution is 0.0671. The number of benzene rings is 1. The van der Waals surface area contributed by atoms with E-state index in [-0.39, 0.29) is 17.5 Å². The number of carbonyl (C=O) groups excluding carboxylic acids is 1. The highest BCUT2D eigenvalue weighted by molar-refractivity contribution is 6.03. The average Bonchev–Trinajstić information content (AvgIpc) is 3.23. The number of piperidine rings is 1. The van der Waals surface area contributed by atoms with Gasteiger partial charge in [-0.2, -0.15) is 5.10 Å². The number of nitrogens with zero attached hydrogens (tertiary/aromatic N) is 5. The van der Waals surface area contributed by atoms with Crippen molar-refractivity contribution in [3.8, 4) is 0 Å². The van der Waals surface area contributed by atoms with E-state index in [1.807, 2.05) is 31.2 Å². The molecular formula is C18H21N5O3. The zero-order valence-corrected chi connectivity index (χ0v) is 14.9. The van der Waals surface area contributed by atoms with Crippen LogP contribution in [0.3, 0.4) is 0 Å². The number of aromatic nitrogens is 4. The fourth-order valence-corrected chi connectivity index (χ4v) is 3.65. The summed E-state index contributed by atoms with van der Waals surface area (Å²) < 4.78 is 8.40. The van der Waals surface area contributed by atoms with E-state index < -0.39 is 0 Å². The summed E-state index contributed by atoms with van der Waals surface area (Å²) in [5, 5.41) is 9.10. The number of fused-ring (bicyclic) bond motifs is 1. The summed E-state index contributed by atoms with van der Waals surface area (Å²) >= 11 is 0. The summed E-state index contributed by atoms with van der Waals surface area (Å²) in [6.45, 7) is 3.76. The second-order valence-corrected chi connectivity index (χ2v) is 6.60. The predicted octanol–water partition coefficient (Wildman–Crippen LogP) is 1.76. The molecule has 8 nitrogen and oxygen atoms in total. The average molecular weight is 355 g/mol. The maximum Gasteiger partial charge on any atom is 0.345 e. The van der Waals surface area contributed by atoms with Crippen LogP contribution in [-0.2, 0) is 13.6 Å². The number of aryl methyl sites for hydroxylation is 1. The molecule has 136 valence electrons. The van der Waals surface area contributed by atoms with Gasteiger partial charge in [-0.25, -0.2) is 9.48 Å². The molecule has 26 heavy (non-hydrogen) atoms. The van der Waals surface area contributed by atoms with E-state index in [0.29, 0.717) is 30.9 Å². The first kappa shape index (κ1) is 16.6. The maximum atomic E-state index is 12.8. The van der Waals surface area contributed by atoms with Gasteiger partial charge in [0, 0.05) is 32.6 Å². The Bertz CT molecular complexity index is 1010. The molecule has 0 radical (unpaired) electrons. The van der Waals surface area contributed by atoms with Gasteiger partial charge < -0.3 is 9.42 Å². The van der Waals surface area contributed by atoms with Crippen LogP contribution in [0, 0.1) is 0 Å². The molecule has 0 atom stereocenters. The molecule has 3 aromatic rings. The van der Waals surface area contributed by atoms with Crippen molar-refractivity contribution in [3.05, 3.63) is 46.3 Å². The number of hydrogen-bond donors (Lipinski definition) is 0. The zero-order chi connectivity index (χ0) is 18.3. The predicted molar refractivity (Wildman–Crippen MR) is 95.0 cm³/mol. The number of amides is 1. The van der Waals surface area contributed by atoms with E-state index in [4.69, 9.17) is 4.52 Å². The van der Waals surface area contributed by atoms with Crippen molar-refractivity contribution in [1.82, 2.24) is 24.4 Å². The highest BCUT2D eigenvalue weighted by Gasteiger charge is 2.30. The number of hydrogen-bond acceptors (Lipinski definition) is 5. The lowest BCUT2D eigenvalue weighted by Gasteiger charge is -2.30. The second-order valence-electron chi connectivity index (χ2n) is 6.60. The molecule has 1 amide bonds. The van der Waals surface area contributed by atoms with Gasteiger partial charge in [0.25, 0.3) is 5.91 Å². The van der Waals surface area contributed by atoms with E-state index >= 15 is 0 Å². The molecule has 1 saturated heterocycles. The minimum atomic E-state index is -0.133. The van der Waals surface area contributed by atoms with Crippen LogP contribution in [0.15, 0.2) is 33.6 Å². The Kier molecular flexibility index (Phi) is 4.10. The van der Waals surface area contributed by atoms with Gasteiger partial charge in [-0.3, -0.25) is 9.36 Å². The van der Waals surface area contributed by atoms with Gasteiger partial charge in [0.1, 0.15) is 11.3 Å². The Morgan fingerprint density at radius 2 is 2.00 bits per heavy atom. The van der Waals surface area contributed by atoms with Gasteiger partial charge in [0.15, 0.2) is 0 Å². The lowest BCUT2D eigenvalue weighted by atomic mass is 9.95. The Balaban J connectivity index is 1.51. The Labute approximate surface area is 150 Å². The Hall–Kier alpha value is -2.90. The van der Waals surface area contributed by atoms with Crippen molar-refractivity contribution in [3.63, 3.8) is 0 Å². The third kappa shape index (κ3) is 2.61. The molecule has 3 heterocycles. The fourth-order valence-electron chi connectivity index (χ4n) is 3.65. The van der Waals surface area contributed by atoms with Crippen LogP contribution in [-0.4, -0.2) is 43.4 Å². The zero-order valence-electron chi connectivity index (χ0n) is 14.9. The van der Waals surface area contributed by atoms with Gasteiger partial charge in [0.2, 0.25) is 5.76 Å². The second kappa shape index (κ2) is 6.44. The lowest BCUT2D eigenvalue weighted by Crippen LogP contribution is -2.38. The number of likely N-dealkylation sites (tertiary alicyclic amines) is 1. The molecule has 0 N–H and O–H groups in total. The monoisotopic (exact) mass is 355 g/mol. The number of rotatable bonds is 3. The van der Waals surface area contributed by atoms with Crippen molar-refractivity contribution in [2.24, 2.45) is 7.05 Å². The molecule has 0 bridgehead atoms. The standard InChI is InChI=1S/C18H21N5O3/c1-3-23-16(19-21(2)18(23)25)12-8-10-22(11-9-12)17(24)15-13-6-4-5-7-14(13)20-26-15/h4-7,12H,3,8-11H2,1-2H3. The van der Waals surface area contributed by atoms with Crippen LogP contribution in [0.5, 0.6) is 0 Å². The highest BCUT2D eigenvalue weighted by atomic mass is 16.5. The summed E-state index contributed by atoms with van der Waals surface area (Å²) in [5.41, 5.74) is 0.598. The van der Waals surface area contributed by atoms with E-state index in [0.717, 1.165) is 24.1 Å². The van der Waals surface area contributed by atoms with E-state index in [1.165, 1.54) is 4.68 Å². The summed E-state index contributed by atoms with van der Waals surface area (Å²) in [4.78, 5) is 26.7. The topological polar surface area (TPSA) is 86.2 Å². The first-order valence-electron chi connectivity index (χ1n) is 8.87. The molecule has 0 unspecified atom stereocenters. The van der Waals surface area contributed by atoms with Crippen molar-refractivity contribution in [2.45, 2.75) is 32.2 Å². The van der Waals surface area contributed by atoms with Gasteiger partial charge in [0.05, 0.1) is 5.39 Å². The van der Waals surface area contributed by atoms with Crippen molar-refractivity contribution < 1.29 is 9.32 Å².